The van der Waals surface area contributed by atoms with E-state index in [1.165, 1.54) is 22.3 Å². The average Bonchev–Trinajstić information content (AvgIpc) is 2.88. The first kappa shape index (κ1) is 16.5. The minimum Gasteiger partial charge on any atom is -0.306 e. The lowest BCUT2D eigenvalue weighted by Gasteiger charge is -2.33. The highest BCUT2D eigenvalue weighted by atomic mass is 19.1. The van der Waals surface area contributed by atoms with Crippen molar-refractivity contribution in [3.63, 3.8) is 0 Å². The molecule has 130 valence electrons. The Morgan fingerprint density at radius 1 is 1.04 bits per heavy atom. The van der Waals surface area contributed by atoms with Crippen LogP contribution in [0.3, 0.4) is 0 Å². The summed E-state index contributed by atoms with van der Waals surface area (Å²) in [6, 6.07) is 14.0. The van der Waals surface area contributed by atoms with E-state index in [1.807, 2.05) is 6.07 Å². The lowest BCUT2D eigenvalue weighted by molar-refractivity contribution is 0.312. The predicted octanol–water partition coefficient (Wildman–Crippen LogP) is 5.13. The van der Waals surface area contributed by atoms with Crippen molar-refractivity contribution in [2.24, 2.45) is 0 Å². The summed E-state index contributed by atoms with van der Waals surface area (Å²) in [6.07, 6.45) is 3.19. The number of nitrogens with zero attached hydrogens (tertiary/aromatic N) is 1. The van der Waals surface area contributed by atoms with Crippen LogP contribution in [0.15, 0.2) is 48.0 Å². The molecule has 2 aromatic carbocycles. The maximum absolute atomic E-state index is 14.0. The fourth-order valence-corrected chi connectivity index (χ4v) is 4.64. The quantitative estimate of drug-likeness (QED) is 0.698. The van der Waals surface area contributed by atoms with Crippen molar-refractivity contribution in [2.75, 3.05) is 20.1 Å². The zero-order valence-electron chi connectivity index (χ0n) is 15.4. The zero-order valence-corrected chi connectivity index (χ0v) is 15.4. The van der Waals surface area contributed by atoms with Crippen LogP contribution in [0.25, 0.3) is 5.57 Å². The molecule has 0 radical (unpaired) electrons. The van der Waals surface area contributed by atoms with Gasteiger partial charge in [-0.05, 0) is 67.6 Å². The number of halogens is 1. The molecule has 0 aromatic heterocycles. The molecule has 1 atom stereocenters. The Hall–Kier alpha value is -1.93. The van der Waals surface area contributed by atoms with E-state index in [1.54, 1.807) is 17.7 Å². The van der Waals surface area contributed by atoms with Gasteiger partial charge in [-0.25, -0.2) is 4.39 Å². The number of fused-ring (bicyclic) bond motifs is 1. The van der Waals surface area contributed by atoms with Crippen molar-refractivity contribution in [2.45, 2.75) is 38.5 Å². The van der Waals surface area contributed by atoms with Gasteiger partial charge in [0, 0.05) is 18.5 Å². The van der Waals surface area contributed by atoms with E-state index in [4.69, 9.17) is 0 Å². The van der Waals surface area contributed by atoms with E-state index >= 15 is 0 Å². The van der Waals surface area contributed by atoms with Gasteiger partial charge < -0.3 is 4.90 Å². The monoisotopic (exact) mass is 335 g/mol. The molecule has 2 aliphatic rings. The summed E-state index contributed by atoms with van der Waals surface area (Å²) in [4.78, 5) is 2.40. The van der Waals surface area contributed by atoms with E-state index in [0.717, 1.165) is 37.9 Å². The summed E-state index contributed by atoms with van der Waals surface area (Å²) in [7, 11) is 2.19. The van der Waals surface area contributed by atoms with Crippen LogP contribution in [-0.2, 0) is 11.8 Å². The maximum atomic E-state index is 14.0. The van der Waals surface area contributed by atoms with E-state index in [9.17, 15) is 4.39 Å². The largest absolute Gasteiger partial charge is 0.306 e. The Bertz CT molecular complexity index is 841. The fraction of sp³-hybridized carbons (Fsp3) is 0.391. The highest BCUT2D eigenvalue weighted by Crippen LogP contribution is 2.51. The van der Waals surface area contributed by atoms with Crippen molar-refractivity contribution in [3.05, 3.63) is 76.1 Å². The lowest BCUT2D eigenvalue weighted by atomic mass is 9.73. The summed E-state index contributed by atoms with van der Waals surface area (Å²) in [5.74, 6) is -0.140. The molecule has 0 bridgehead atoms. The van der Waals surface area contributed by atoms with Crippen molar-refractivity contribution in [1.82, 2.24) is 4.90 Å². The molecule has 1 aliphatic heterocycles. The molecule has 1 heterocycles. The van der Waals surface area contributed by atoms with Crippen molar-refractivity contribution in [1.29, 1.82) is 0 Å². The molecule has 1 fully saturated rings. The van der Waals surface area contributed by atoms with Gasteiger partial charge in [-0.15, -0.1) is 0 Å². The van der Waals surface area contributed by atoms with Crippen molar-refractivity contribution >= 4 is 5.57 Å². The minimum absolute atomic E-state index is 0.135. The van der Waals surface area contributed by atoms with Gasteiger partial charge in [0.15, 0.2) is 0 Å². The highest BCUT2D eigenvalue weighted by Gasteiger charge is 2.41. The smallest absolute Gasteiger partial charge is 0.123 e. The SMILES string of the molecule is Cc1ccc2c(c1)C(=C1CCN(C)CC1)C(C)(c1cccc(F)c1)C2. The number of likely N-dealkylation sites (tertiary alicyclic amines) is 1. The molecule has 0 amide bonds. The lowest BCUT2D eigenvalue weighted by Crippen LogP contribution is -2.29. The standard InChI is InChI=1S/C23H26FN/c1-16-7-8-18-15-23(2,19-5-4-6-20(24)14-19)22(21(18)13-16)17-9-11-25(3)12-10-17/h4-8,13-14H,9-12,15H2,1-3H3. The van der Waals surface area contributed by atoms with E-state index < -0.39 is 0 Å². The molecule has 2 heteroatoms. The van der Waals surface area contributed by atoms with E-state index in [0.29, 0.717) is 0 Å². The second kappa shape index (κ2) is 6.10. The molecule has 1 unspecified atom stereocenters. The van der Waals surface area contributed by atoms with E-state index in [-0.39, 0.29) is 11.2 Å². The summed E-state index contributed by atoms with van der Waals surface area (Å²) in [5.41, 5.74) is 8.09. The van der Waals surface area contributed by atoms with Gasteiger partial charge in [-0.2, -0.15) is 0 Å². The third kappa shape index (κ3) is 2.83. The Morgan fingerprint density at radius 3 is 2.52 bits per heavy atom. The number of allylic oxidation sites excluding steroid dienone is 1. The van der Waals surface area contributed by atoms with Crippen LogP contribution in [0, 0.1) is 12.7 Å². The van der Waals surface area contributed by atoms with Crippen LogP contribution < -0.4 is 0 Å². The zero-order chi connectivity index (χ0) is 17.6. The van der Waals surface area contributed by atoms with Crippen LogP contribution in [0.5, 0.6) is 0 Å². The molecule has 1 aliphatic carbocycles. The third-order valence-corrected chi connectivity index (χ3v) is 6.04. The Labute approximate surface area is 150 Å². The molecular weight excluding hydrogens is 309 g/mol. The van der Waals surface area contributed by atoms with Gasteiger partial charge in [0.1, 0.15) is 5.82 Å². The molecule has 25 heavy (non-hydrogen) atoms. The van der Waals surface area contributed by atoms with Gasteiger partial charge >= 0.3 is 0 Å². The Morgan fingerprint density at radius 2 is 1.80 bits per heavy atom. The van der Waals surface area contributed by atoms with Gasteiger partial charge in [0.05, 0.1) is 0 Å². The van der Waals surface area contributed by atoms with Crippen LogP contribution in [0.1, 0.15) is 42.0 Å². The summed E-state index contributed by atoms with van der Waals surface area (Å²) in [6.45, 7) is 6.69. The molecule has 1 saturated heterocycles. The molecule has 0 spiro atoms. The maximum Gasteiger partial charge on any atom is 0.123 e. The summed E-state index contributed by atoms with van der Waals surface area (Å²) < 4.78 is 14.0. The van der Waals surface area contributed by atoms with Crippen LogP contribution >= 0.6 is 0 Å². The van der Waals surface area contributed by atoms with Crippen molar-refractivity contribution in [3.8, 4) is 0 Å². The first-order chi connectivity index (χ1) is 12.0. The first-order valence-corrected chi connectivity index (χ1v) is 9.24. The normalized spacial score (nSPS) is 23.8. The Kier molecular flexibility index (Phi) is 4.04. The third-order valence-electron chi connectivity index (χ3n) is 6.04. The van der Waals surface area contributed by atoms with Gasteiger partial charge in [0.2, 0.25) is 0 Å². The summed E-state index contributed by atoms with van der Waals surface area (Å²) in [5, 5.41) is 0. The first-order valence-electron chi connectivity index (χ1n) is 9.24. The van der Waals surface area contributed by atoms with E-state index in [2.05, 4.69) is 50.1 Å². The summed E-state index contributed by atoms with van der Waals surface area (Å²) >= 11 is 0. The fourth-order valence-electron chi connectivity index (χ4n) is 4.64. The van der Waals surface area contributed by atoms with Gasteiger partial charge in [-0.1, -0.05) is 48.4 Å². The van der Waals surface area contributed by atoms with Crippen LogP contribution in [0.4, 0.5) is 4.39 Å². The van der Waals surface area contributed by atoms with Gasteiger partial charge in [-0.3, -0.25) is 0 Å². The minimum atomic E-state index is -0.140. The number of piperidine rings is 1. The average molecular weight is 335 g/mol. The predicted molar refractivity (Wildman–Crippen MR) is 102 cm³/mol. The number of benzene rings is 2. The van der Waals surface area contributed by atoms with Crippen LogP contribution in [-0.4, -0.2) is 25.0 Å². The highest BCUT2D eigenvalue weighted by molar-refractivity contribution is 5.84. The van der Waals surface area contributed by atoms with Crippen LogP contribution in [0.2, 0.25) is 0 Å². The molecular formula is C23H26FN. The van der Waals surface area contributed by atoms with Gasteiger partial charge in [0.25, 0.3) is 0 Å². The van der Waals surface area contributed by atoms with Crippen molar-refractivity contribution < 1.29 is 4.39 Å². The molecule has 0 N–H and O–H groups in total. The number of rotatable bonds is 1. The molecule has 2 aromatic rings. The molecule has 0 saturated carbocycles. The molecule has 4 rings (SSSR count). The number of hydrogen-bond acceptors (Lipinski definition) is 1. The second-order valence-corrected chi connectivity index (χ2v) is 7.96. The number of hydrogen-bond donors (Lipinski definition) is 0. The topological polar surface area (TPSA) is 3.24 Å². The second-order valence-electron chi connectivity index (χ2n) is 7.96. The molecule has 1 nitrogen and oxygen atoms in total. The Balaban J connectivity index is 1.91. The number of aryl methyl sites for hydroxylation is 1.